The molecule has 1 amide bonds. The number of amides is 1. The van der Waals surface area contributed by atoms with Gasteiger partial charge in [0.2, 0.25) is 0 Å². The molecule has 10 heteroatoms. The molecule has 0 unspecified atom stereocenters. The van der Waals surface area contributed by atoms with Gasteiger partial charge in [-0.05, 0) is 33.1 Å². The van der Waals surface area contributed by atoms with Crippen molar-refractivity contribution in [3.63, 3.8) is 0 Å². The topological polar surface area (TPSA) is 103 Å². The standard InChI is InChI=1S/C17H23BIN5O3/c1-22(2)7-3-6-21-17(25)14-11-15(23(8-4-18)9-5-19)13(12-20)10-16(14)24(26)27/h10-11H,3-9H2,1-2H3,(H,21,25). The highest BCUT2D eigenvalue weighted by Gasteiger charge is 2.25. The molecule has 0 aliphatic heterocycles. The minimum Gasteiger partial charge on any atom is -0.370 e. The number of rotatable bonds is 11. The number of halogens is 1. The summed E-state index contributed by atoms with van der Waals surface area (Å²) in [5.41, 5.74) is 0.227. The van der Waals surface area contributed by atoms with Crippen LogP contribution in [-0.2, 0) is 0 Å². The fourth-order valence-corrected chi connectivity index (χ4v) is 3.15. The van der Waals surface area contributed by atoms with Crippen LogP contribution in [0.25, 0.3) is 0 Å². The summed E-state index contributed by atoms with van der Waals surface area (Å²) < 4.78 is 0.783. The van der Waals surface area contributed by atoms with E-state index in [1.54, 1.807) is 0 Å². The summed E-state index contributed by atoms with van der Waals surface area (Å²) in [6.45, 7) is 2.30. The zero-order valence-electron chi connectivity index (χ0n) is 15.6. The van der Waals surface area contributed by atoms with Gasteiger partial charge in [0.1, 0.15) is 11.6 Å². The second-order valence-electron chi connectivity index (χ2n) is 6.13. The number of benzene rings is 1. The van der Waals surface area contributed by atoms with E-state index in [1.165, 1.54) is 12.1 Å². The molecule has 0 aliphatic carbocycles. The number of carbonyl (C=O) groups is 1. The number of carbonyl (C=O) groups excluding carboxylic acids is 1. The molecular formula is C17H23BIN5O3. The first-order valence-electron chi connectivity index (χ1n) is 8.52. The molecule has 0 atom stereocenters. The van der Waals surface area contributed by atoms with Crippen molar-refractivity contribution in [2.45, 2.75) is 12.7 Å². The lowest BCUT2D eigenvalue weighted by Crippen LogP contribution is -2.30. The number of anilines is 1. The summed E-state index contributed by atoms with van der Waals surface area (Å²) >= 11 is 2.20. The molecule has 0 bridgehead atoms. The van der Waals surface area contributed by atoms with E-state index in [2.05, 4.69) is 27.9 Å². The molecule has 0 spiro atoms. The van der Waals surface area contributed by atoms with E-state index in [1.807, 2.05) is 30.0 Å². The van der Waals surface area contributed by atoms with Gasteiger partial charge in [-0.15, -0.1) is 0 Å². The third-order valence-electron chi connectivity index (χ3n) is 3.84. The van der Waals surface area contributed by atoms with Crippen LogP contribution in [0.4, 0.5) is 11.4 Å². The Labute approximate surface area is 174 Å². The third kappa shape index (κ3) is 6.99. The van der Waals surface area contributed by atoms with Gasteiger partial charge in [-0.1, -0.05) is 28.9 Å². The van der Waals surface area contributed by atoms with Crippen molar-refractivity contribution in [3.05, 3.63) is 33.4 Å². The predicted molar refractivity (Wildman–Crippen MR) is 115 cm³/mol. The molecule has 144 valence electrons. The Morgan fingerprint density at radius 1 is 1.37 bits per heavy atom. The van der Waals surface area contributed by atoms with Crippen molar-refractivity contribution < 1.29 is 9.72 Å². The van der Waals surface area contributed by atoms with Crippen LogP contribution in [0.3, 0.4) is 0 Å². The van der Waals surface area contributed by atoms with Crippen molar-refractivity contribution in [2.75, 3.05) is 49.6 Å². The number of hydrogen-bond donors (Lipinski definition) is 1. The monoisotopic (exact) mass is 483 g/mol. The molecule has 8 nitrogen and oxygen atoms in total. The summed E-state index contributed by atoms with van der Waals surface area (Å²) in [7, 11) is 9.51. The molecule has 0 fully saturated rings. The fraction of sp³-hybridized carbons (Fsp3) is 0.529. The Hall–Kier alpha value is -1.87. The summed E-state index contributed by atoms with van der Waals surface area (Å²) in [5, 5.41) is 23.6. The number of alkyl halides is 1. The first-order chi connectivity index (χ1) is 12.8. The summed E-state index contributed by atoms with van der Waals surface area (Å²) in [6.07, 6.45) is 1.09. The van der Waals surface area contributed by atoms with Crippen molar-refractivity contribution in [1.29, 1.82) is 5.26 Å². The van der Waals surface area contributed by atoms with E-state index in [9.17, 15) is 20.2 Å². The van der Waals surface area contributed by atoms with E-state index in [-0.39, 0.29) is 16.8 Å². The lowest BCUT2D eigenvalue weighted by molar-refractivity contribution is -0.385. The van der Waals surface area contributed by atoms with Crippen molar-refractivity contribution >= 4 is 47.7 Å². The van der Waals surface area contributed by atoms with Crippen LogP contribution in [0.1, 0.15) is 22.3 Å². The SMILES string of the molecule is [B]CCN(CCI)c1cc(C(=O)NCCCN(C)C)c([N+](=O)[O-])cc1C#N. The highest BCUT2D eigenvalue weighted by molar-refractivity contribution is 14.1. The van der Waals surface area contributed by atoms with Gasteiger partial charge in [-0.2, -0.15) is 5.26 Å². The number of nitrogens with one attached hydrogen (secondary N) is 1. The molecule has 0 heterocycles. The Morgan fingerprint density at radius 3 is 2.59 bits per heavy atom. The van der Waals surface area contributed by atoms with Crippen LogP contribution in [0.5, 0.6) is 0 Å². The second-order valence-corrected chi connectivity index (χ2v) is 7.21. The lowest BCUT2D eigenvalue weighted by atomic mass is 10.0. The minimum atomic E-state index is -0.634. The van der Waals surface area contributed by atoms with Gasteiger partial charge in [-0.25, -0.2) is 0 Å². The number of nitro groups is 1. The van der Waals surface area contributed by atoms with Gasteiger partial charge >= 0.3 is 0 Å². The summed E-state index contributed by atoms with van der Waals surface area (Å²) in [6, 6.07) is 4.59. The molecule has 1 aromatic carbocycles. The smallest absolute Gasteiger partial charge is 0.283 e. The van der Waals surface area contributed by atoms with Crippen LogP contribution in [-0.4, -0.2) is 68.3 Å². The van der Waals surface area contributed by atoms with E-state index in [0.29, 0.717) is 31.6 Å². The van der Waals surface area contributed by atoms with E-state index < -0.39 is 10.8 Å². The second kappa shape index (κ2) is 11.8. The maximum absolute atomic E-state index is 12.5. The van der Waals surface area contributed by atoms with Gasteiger partial charge in [0.05, 0.1) is 24.0 Å². The zero-order valence-corrected chi connectivity index (χ0v) is 17.7. The van der Waals surface area contributed by atoms with Gasteiger partial charge in [0, 0.05) is 30.1 Å². The molecule has 0 aliphatic rings. The summed E-state index contributed by atoms with van der Waals surface area (Å²) in [4.78, 5) is 27.2. The number of nitriles is 1. The highest BCUT2D eigenvalue weighted by atomic mass is 127. The van der Waals surface area contributed by atoms with Crippen molar-refractivity contribution in [2.24, 2.45) is 0 Å². The zero-order chi connectivity index (χ0) is 20.4. The highest BCUT2D eigenvalue weighted by Crippen LogP contribution is 2.30. The molecule has 27 heavy (non-hydrogen) atoms. The normalized spacial score (nSPS) is 10.5. The molecule has 0 aromatic heterocycles. The average Bonchev–Trinajstić information content (AvgIpc) is 2.63. The maximum atomic E-state index is 12.5. The fourth-order valence-electron chi connectivity index (χ4n) is 2.56. The molecular weight excluding hydrogens is 460 g/mol. The number of nitro benzene ring substituents is 1. The largest absolute Gasteiger partial charge is 0.370 e. The van der Waals surface area contributed by atoms with Crippen molar-refractivity contribution in [3.8, 4) is 6.07 Å². The third-order valence-corrected chi connectivity index (χ3v) is 4.32. The Balaban J connectivity index is 3.23. The van der Waals surface area contributed by atoms with Gasteiger partial charge in [0.25, 0.3) is 11.6 Å². The molecule has 0 saturated carbocycles. The first kappa shape index (κ1) is 23.2. The average molecular weight is 483 g/mol. The van der Waals surface area contributed by atoms with E-state index in [0.717, 1.165) is 17.4 Å². The van der Waals surface area contributed by atoms with Crippen LogP contribution in [0, 0.1) is 21.4 Å². The van der Waals surface area contributed by atoms with Crippen LogP contribution >= 0.6 is 22.6 Å². The molecule has 1 N–H and O–H groups in total. The quantitative estimate of drug-likeness (QED) is 0.129. The van der Waals surface area contributed by atoms with Gasteiger partial charge in [0.15, 0.2) is 0 Å². The molecule has 2 radical (unpaired) electrons. The van der Waals surface area contributed by atoms with E-state index >= 15 is 0 Å². The minimum absolute atomic E-state index is 0.0469. The number of nitrogens with zero attached hydrogens (tertiary/aromatic N) is 4. The van der Waals surface area contributed by atoms with Crippen LogP contribution < -0.4 is 10.2 Å². The number of hydrogen-bond acceptors (Lipinski definition) is 6. The lowest BCUT2D eigenvalue weighted by Gasteiger charge is -2.25. The predicted octanol–water partition coefficient (Wildman–Crippen LogP) is 1.98. The Morgan fingerprint density at radius 2 is 2.07 bits per heavy atom. The van der Waals surface area contributed by atoms with Crippen LogP contribution in [0.15, 0.2) is 12.1 Å². The van der Waals surface area contributed by atoms with Crippen molar-refractivity contribution in [1.82, 2.24) is 10.2 Å². The van der Waals surface area contributed by atoms with Crippen LogP contribution in [0.2, 0.25) is 6.32 Å². The molecule has 0 saturated heterocycles. The first-order valence-corrected chi connectivity index (χ1v) is 10.0. The molecule has 1 rings (SSSR count). The Bertz CT molecular complexity index is 703. The van der Waals surface area contributed by atoms with E-state index in [4.69, 9.17) is 7.85 Å². The maximum Gasteiger partial charge on any atom is 0.283 e. The summed E-state index contributed by atoms with van der Waals surface area (Å²) in [5.74, 6) is -0.520. The Kier molecular flexibility index (Phi) is 10.1. The van der Waals surface area contributed by atoms with Gasteiger partial charge < -0.3 is 15.1 Å². The molecule has 1 aromatic rings. The van der Waals surface area contributed by atoms with Gasteiger partial charge in [-0.3, -0.25) is 14.9 Å².